The minimum Gasteiger partial charge on any atom is -0.264 e. The molecule has 0 atom stereocenters. The van der Waals surface area contributed by atoms with Crippen LogP contribution in [-0.2, 0) is 6.42 Å². The first-order valence-electron chi connectivity index (χ1n) is 6.82. The summed E-state index contributed by atoms with van der Waals surface area (Å²) in [6.07, 6.45) is 4.49. The van der Waals surface area contributed by atoms with Crippen LogP contribution in [0.5, 0.6) is 0 Å². The average Bonchev–Trinajstić information content (AvgIpc) is 3.04. The summed E-state index contributed by atoms with van der Waals surface area (Å²) in [6, 6.07) is 8.53. The summed E-state index contributed by atoms with van der Waals surface area (Å²) in [5.41, 5.74) is 3.89. The summed E-state index contributed by atoms with van der Waals surface area (Å²) in [5, 5.41) is 13.6. The number of non-ortho nitro benzene ring substituents is 1. The van der Waals surface area contributed by atoms with Gasteiger partial charge in [-0.25, -0.2) is 4.98 Å². The number of nitro groups is 1. The molecule has 2 aromatic heterocycles. The molecule has 2 heterocycles. The number of benzene rings is 1. The lowest BCUT2D eigenvalue weighted by Crippen LogP contribution is -1.90. The Bertz CT molecular complexity index is 830. The van der Waals surface area contributed by atoms with Gasteiger partial charge in [0.05, 0.1) is 10.6 Å². The van der Waals surface area contributed by atoms with Gasteiger partial charge in [0.1, 0.15) is 5.01 Å². The molecule has 0 aliphatic heterocycles. The van der Waals surface area contributed by atoms with Gasteiger partial charge in [0.15, 0.2) is 0 Å². The Kier molecular flexibility index (Phi) is 3.93. The topological polar surface area (TPSA) is 68.9 Å². The van der Waals surface area contributed by atoms with Gasteiger partial charge in [-0.2, -0.15) is 0 Å². The molecule has 0 radical (unpaired) electrons. The van der Waals surface area contributed by atoms with E-state index in [2.05, 4.69) is 16.9 Å². The number of hydrogen-bond acceptors (Lipinski definition) is 5. The van der Waals surface area contributed by atoms with Gasteiger partial charge in [0.25, 0.3) is 5.69 Å². The van der Waals surface area contributed by atoms with E-state index in [0.29, 0.717) is 0 Å². The zero-order valence-corrected chi connectivity index (χ0v) is 12.7. The van der Waals surface area contributed by atoms with E-state index in [-0.39, 0.29) is 5.69 Å². The molecule has 110 valence electrons. The molecule has 0 saturated heterocycles. The molecule has 22 heavy (non-hydrogen) atoms. The molecular weight excluding hydrogens is 298 g/mol. The van der Waals surface area contributed by atoms with Crippen molar-refractivity contribution in [1.82, 2.24) is 9.97 Å². The fourth-order valence-corrected chi connectivity index (χ4v) is 3.06. The largest absolute Gasteiger partial charge is 0.270 e. The second-order valence-corrected chi connectivity index (χ2v) is 5.59. The maximum atomic E-state index is 10.9. The van der Waals surface area contributed by atoms with Gasteiger partial charge < -0.3 is 0 Å². The van der Waals surface area contributed by atoms with E-state index in [1.807, 2.05) is 23.7 Å². The number of hydrogen-bond donors (Lipinski definition) is 0. The van der Waals surface area contributed by atoms with E-state index < -0.39 is 4.92 Å². The minimum absolute atomic E-state index is 0.0740. The summed E-state index contributed by atoms with van der Waals surface area (Å²) in [7, 11) is 0. The second kappa shape index (κ2) is 6.03. The Morgan fingerprint density at radius 3 is 2.95 bits per heavy atom. The highest BCUT2D eigenvalue weighted by atomic mass is 32.1. The van der Waals surface area contributed by atoms with Crippen molar-refractivity contribution >= 4 is 17.0 Å². The van der Waals surface area contributed by atoms with Crippen molar-refractivity contribution in [2.24, 2.45) is 0 Å². The van der Waals surface area contributed by atoms with Gasteiger partial charge in [-0.3, -0.25) is 15.1 Å². The fraction of sp³-hybridized carbons (Fsp3) is 0.125. The van der Waals surface area contributed by atoms with E-state index in [9.17, 15) is 10.1 Å². The minimum atomic E-state index is -0.395. The molecule has 0 N–H and O–H groups in total. The number of pyridine rings is 1. The molecular formula is C16H13N3O2S. The van der Waals surface area contributed by atoms with Crippen LogP contribution in [-0.4, -0.2) is 14.9 Å². The van der Waals surface area contributed by atoms with E-state index in [1.165, 1.54) is 23.0 Å². The van der Waals surface area contributed by atoms with Gasteiger partial charge in [-0.15, -0.1) is 11.3 Å². The smallest absolute Gasteiger partial charge is 0.264 e. The summed E-state index contributed by atoms with van der Waals surface area (Å²) in [5.74, 6) is 0. The molecule has 1 aromatic carbocycles. The first-order valence-corrected chi connectivity index (χ1v) is 7.70. The van der Waals surface area contributed by atoms with E-state index in [1.54, 1.807) is 18.3 Å². The van der Waals surface area contributed by atoms with Crippen molar-refractivity contribution in [3.8, 4) is 21.8 Å². The molecule has 5 nitrogen and oxygen atoms in total. The van der Waals surface area contributed by atoms with Crippen LogP contribution < -0.4 is 0 Å². The number of rotatable bonds is 4. The van der Waals surface area contributed by atoms with Crippen LogP contribution in [0.15, 0.2) is 48.1 Å². The van der Waals surface area contributed by atoms with E-state index >= 15 is 0 Å². The lowest BCUT2D eigenvalue weighted by molar-refractivity contribution is -0.384. The van der Waals surface area contributed by atoms with E-state index in [4.69, 9.17) is 0 Å². The van der Waals surface area contributed by atoms with Gasteiger partial charge in [0, 0.05) is 41.0 Å². The number of thiazole rings is 1. The van der Waals surface area contributed by atoms with E-state index in [0.717, 1.165) is 28.2 Å². The summed E-state index contributed by atoms with van der Waals surface area (Å²) in [6.45, 7) is 2.09. The molecule has 3 aromatic rings. The normalized spacial score (nSPS) is 10.6. The second-order valence-electron chi connectivity index (χ2n) is 4.73. The number of nitro benzene ring substituents is 1. The van der Waals surface area contributed by atoms with Crippen LogP contribution in [0.2, 0.25) is 0 Å². The highest BCUT2D eigenvalue weighted by Crippen LogP contribution is 2.31. The van der Waals surface area contributed by atoms with Crippen LogP contribution in [0.25, 0.3) is 21.8 Å². The van der Waals surface area contributed by atoms with Crippen LogP contribution in [0.4, 0.5) is 5.69 Å². The predicted molar refractivity (Wildman–Crippen MR) is 86.8 cm³/mol. The summed E-state index contributed by atoms with van der Waals surface area (Å²) in [4.78, 5) is 19.3. The molecule has 6 heteroatoms. The molecule has 0 aliphatic rings. The highest BCUT2D eigenvalue weighted by molar-refractivity contribution is 7.13. The third-order valence-electron chi connectivity index (χ3n) is 3.38. The van der Waals surface area contributed by atoms with Crippen molar-refractivity contribution in [2.45, 2.75) is 13.3 Å². The van der Waals surface area contributed by atoms with Gasteiger partial charge in [-0.05, 0) is 18.1 Å². The maximum absolute atomic E-state index is 10.9. The Hall–Kier alpha value is -2.60. The molecule has 3 rings (SSSR count). The standard InChI is InChI=1S/C16H13N3O2S/c1-2-11-6-7-17-9-14(11)15-10-22-16(18-15)12-4-3-5-13(8-12)19(20)21/h3-10H,2H2,1H3. The molecule has 0 bridgehead atoms. The Labute approximate surface area is 131 Å². The third kappa shape index (κ3) is 2.73. The van der Waals surface area contributed by atoms with Gasteiger partial charge in [-0.1, -0.05) is 19.1 Å². The SMILES string of the molecule is CCc1ccncc1-c1csc(-c2cccc([N+](=O)[O-])c2)n1. The van der Waals surface area contributed by atoms with Crippen LogP contribution in [0, 0.1) is 10.1 Å². The number of nitrogens with zero attached hydrogens (tertiary/aromatic N) is 3. The summed E-state index contributed by atoms with van der Waals surface area (Å²) >= 11 is 1.48. The van der Waals surface area contributed by atoms with Gasteiger partial charge >= 0.3 is 0 Å². The molecule has 0 saturated carbocycles. The van der Waals surface area contributed by atoms with Gasteiger partial charge in [0.2, 0.25) is 0 Å². The first-order chi connectivity index (χ1) is 10.7. The lowest BCUT2D eigenvalue weighted by atomic mass is 10.1. The Morgan fingerprint density at radius 1 is 1.32 bits per heavy atom. The number of aryl methyl sites for hydroxylation is 1. The monoisotopic (exact) mass is 311 g/mol. The molecule has 0 fully saturated rings. The van der Waals surface area contributed by atoms with Crippen LogP contribution >= 0.6 is 11.3 Å². The van der Waals surface area contributed by atoms with Crippen molar-refractivity contribution in [3.05, 3.63) is 63.8 Å². The molecule has 0 amide bonds. The molecule has 0 aliphatic carbocycles. The maximum Gasteiger partial charge on any atom is 0.270 e. The zero-order chi connectivity index (χ0) is 15.5. The predicted octanol–water partition coefficient (Wildman–Crippen LogP) is 4.34. The number of aromatic nitrogens is 2. The quantitative estimate of drug-likeness (QED) is 0.531. The lowest BCUT2D eigenvalue weighted by Gasteiger charge is -2.03. The highest BCUT2D eigenvalue weighted by Gasteiger charge is 2.12. The fourth-order valence-electron chi connectivity index (χ4n) is 2.24. The third-order valence-corrected chi connectivity index (χ3v) is 4.27. The molecule has 0 unspecified atom stereocenters. The van der Waals surface area contributed by atoms with Crippen molar-refractivity contribution in [3.63, 3.8) is 0 Å². The summed E-state index contributed by atoms with van der Waals surface area (Å²) < 4.78 is 0. The Morgan fingerprint density at radius 2 is 2.18 bits per heavy atom. The van der Waals surface area contributed by atoms with Crippen molar-refractivity contribution < 1.29 is 4.92 Å². The van der Waals surface area contributed by atoms with Crippen molar-refractivity contribution in [1.29, 1.82) is 0 Å². The van der Waals surface area contributed by atoms with Crippen molar-refractivity contribution in [2.75, 3.05) is 0 Å². The Balaban J connectivity index is 2.01. The first kappa shape index (κ1) is 14.3. The molecule has 0 spiro atoms. The van der Waals surface area contributed by atoms with Crippen LogP contribution in [0.1, 0.15) is 12.5 Å². The van der Waals surface area contributed by atoms with Crippen LogP contribution in [0.3, 0.4) is 0 Å². The zero-order valence-electron chi connectivity index (χ0n) is 11.9. The average molecular weight is 311 g/mol.